The molecule has 0 bridgehead atoms. The zero-order chi connectivity index (χ0) is 14.8. The van der Waals surface area contributed by atoms with Crippen LogP contribution in [0.3, 0.4) is 0 Å². The molecule has 110 valence electrons. The molecule has 2 heterocycles. The van der Waals surface area contributed by atoms with Gasteiger partial charge in [-0.1, -0.05) is 0 Å². The Bertz CT molecular complexity index is 641. The van der Waals surface area contributed by atoms with Gasteiger partial charge in [0.05, 0.1) is 12.8 Å². The molecule has 2 aromatic heterocycles. The summed E-state index contributed by atoms with van der Waals surface area (Å²) in [5.41, 5.74) is 6.27. The van der Waals surface area contributed by atoms with E-state index < -0.39 is 20.3 Å². The standard InChI is InChI=1S/C9H14N5O5P/c10-8-7-9(12-4-11-8)14(5-13-7)19-6(3-15)1-2-20(16,17)18/h4-6,15H,1-3H2,(H2,10,11,12)(H2,16,17,18). The molecule has 0 saturated carbocycles. The number of hydrogen-bond acceptors (Lipinski definition) is 7. The number of rotatable bonds is 6. The predicted molar refractivity (Wildman–Crippen MR) is 68.7 cm³/mol. The number of imidazole rings is 1. The Morgan fingerprint density at radius 2 is 2.15 bits per heavy atom. The molecule has 0 aliphatic carbocycles. The molecule has 0 aliphatic heterocycles. The molecule has 20 heavy (non-hydrogen) atoms. The summed E-state index contributed by atoms with van der Waals surface area (Å²) in [4.78, 5) is 34.7. The predicted octanol–water partition coefficient (Wildman–Crippen LogP) is -1.23. The van der Waals surface area contributed by atoms with E-state index in [0.29, 0.717) is 11.2 Å². The quantitative estimate of drug-likeness (QED) is 0.479. The fourth-order valence-electron chi connectivity index (χ4n) is 1.56. The molecule has 1 atom stereocenters. The van der Waals surface area contributed by atoms with Crippen LogP contribution in [0.4, 0.5) is 5.82 Å². The molecule has 11 heteroatoms. The van der Waals surface area contributed by atoms with Crippen LogP contribution in [0.1, 0.15) is 6.42 Å². The SMILES string of the molecule is Nc1ncnc2c1ncn2OC(CO)CCP(=O)(O)O. The minimum Gasteiger partial charge on any atom is -0.405 e. The van der Waals surface area contributed by atoms with Crippen molar-refractivity contribution in [1.82, 2.24) is 19.7 Å². The highest BCUT2D eigenvalue weighted by Crippen LogP contribution is 2.35. The van der Waals surface area contributed by atoms with Gasteiger partial charge in [-0.15, -0.1) is 0 Å². The molecule has 0 spiro atoms. The van der Waals surface area contributed by atoms with Crippen molar-refractivity contribution in [2.45, 2.75) is 12.5 Å². The summed E-state index contributed by atoms with van der Waals surface area (Å²) < 4.78 is 12.0. The lowest BCUT2D eigenvalue weighted by Gasteiger charge is -2.16. The smallest absolute Gasteiger partial charge is 0.325 e. The van der Waals surface area contributed by atoms with Gasteiger partial charge in [-0.2, -0.15) is 4.73 Å². The van der Waals surface area contributed by atoms with Gasteiger partial charge in [-0.05, 0) is 0 Å². The van der Waals surface area contributed by atoms with Crippen LogP contribution in [0.5, 0.6) is 0 Å². The number of hydrogen-bond donors (Lipinski definition) is 4. The lowest BCUT2D eigenvalue weighted by molar-refractivity contribution is 0.00437. The molecule has 2 rings (SSSR count). The number of aromatic nitrogens is 4. The van der Waals surface area contributed by atoms with Gasteiger partial charge in [0, 0.05) is 6.42 Å². The number of nitrogen functional groups attached to an aromatic ring is 1. The van der Waals surface area contributed by atoms with Crippen LogP contribution >= 0.6 is 7.60 Å². The molecule has 0 radical (unpaired) electrons. The molecule has 10 nitrogen and oxygen atoms in total. The third kappa shape index (κ3) is 3.42. The van der Waals surface area contributed by atoms with Crippen LogP contribution in [0.2, 0.25) is 0 Å². The molecular formula is C9H14N5O5P. The molecule has 0 aliphatic rings. The number of aliphatic hydroxyl groups excluding tert-OH is 1. The van der Waals surface area contributed by atoms with E-state index in [1.165, 1.54) is 17.4 Å². The highest BCUT2D eigenvalue weighted by molar-refractivity contribution is 7.51. The van der Waals surface area contributed by atoms with Crippen molar-refractivity contribution in [3.63, 3.8) is 0 Å². The van der Waals surface area contributed by atoms with Crippen LogP contribution < -0.4 is 10.6 Å². The minimum absolute atomic E-state index is 0.0129. The molecule has 2 aromatic rings. The van der Waals surface area contributed by atoms with Crippen LogP contribution in [0.25, 0.3) is 11.2 Å². The van der Waals surface area contributed by atoms with E-state index in [1.54, 1.807) is 0 Å². The Labute approximate surface area is 113 Å². The summed E-state index contributed by atoms with van der Waals surface area (Å²) in [6.07, 6.45) is 1.35. The first kappa shape index (κ1) is 14.7. The van der Waals surface area contributed by atoms with E-state index >= 15 is 0 Å². The fraction of sp³-hybridized carbons (Fsp3) is 0.444. The van der Waals surface area contributed by atoms with Gasteiger partial charge in [-0.3, -0.25) is 4.57 Å². The van der Waals surface area contributed by atoms with E-state index in [4.69, 9.17) is 20.4 Å². The van der Waals surface area contributed by atoms with E-state index in [-0.39, 0.29) is 18.4 Å². The van der Waals surface area contributed by atoms with Crippen LogP contribution in [-0.4, -0.2) is 53.4 Å². The van der Waals surface area contributed by atoms with Crippen LogP contribution in [0.15, 0.2) is 12.7 Å². The van der Waals surface area contributed by atoms with Crippen molar-refractivity contribution in [3.8, 4) is 0 Å². The molecule has 0 saturated heterocycles. The third-order valence-corrected chi connectivity index (χ3v) is 3.38. The summed E-state index contributed by atoms with van der Waals surface area (Å²) in [6, 6.07) is 0. The maximum Gasteiger partial charge on any atom is 0.325 e. The highest BCUT2D eigenvalue weighted by Gasteiger charge is 2.19. The largest absolute Gasteiger partial charge is 0.405 e. The van der Waals surface area contributed by atoms with Crippen LogP contribution in [-0.2, 0) is 4.57 Å². The van der Waals surface area contributed by atoms with E-state index in [9.17, 15) is 9.67 Å². The Morgan fingerprint density at radius 3 is 2.80 bits per heavy atom. The van der Waals surface area contributed by atoms with Gasteiger partial charge in [0.2, 0.25) is 5.65 Å². The molecule has 0 aromatic carbocycles. The summed E-state index contributed by atoms with van der Waals surface area (Å²) in [5.74, 6) is 0.188. The Hall–Kier alpha value is -1.74. The maximum atomic E-state index is 10.8. The van der Waals surface area contributed by atoms with Crippen molar-refractivity contribution in [2.75, 3.05) is 18.5 Å². The van der Waals surface area contributed by atoms with Gasteiger partial charge < -0.3 is 25.5 Å². The highest BCUT2D eigenvalue weighted by atomic mass is 31.2. The summed E-state index contributed by atoms with van der Waals surface area (Å²) in [6.45, 7) is -0.403. The average Bonchev–Trinajstić information content (AvgIpc) is 2.78. The first-order valence-electron chi connectivity index (χ1n) is 5.67. The topological polar surface area (TPSA) is 157 Å². The Balaban J connectivity index is 2.14. The summed E-state index contributed by atoms with van der Waals surface area (Å²) in [5, 5.41) is 9.18. The van der Waals surface area contributed by atoms with Gasteiger partial charge >= 0.3 is 7.60 Å². The van der Waals surface area contributed by atoms with Gasteiger partial charge in [0.1, 0.15) is 18.8 Å². The number of fused-ring (bicyclic) bond motifs is 1. The number of nitrogens with two attached hydrogens (primary N) is 1. The molecule has 0 amide bonds. The van der Waals surface area contributed by atoms with Gasteiger partial charge in [0.15, 0.2) is 11.3 Å². The van der Waals surface area contributed by atoms with Crippen molar-refractivity contribution in [3.05, 3.63) is 12.7 Å². The second kappa shape index (κ2) is 5.71. The second-order valence-electron chi connectivity index (χ2n) is 4.09. The average molecular weight is 303 g/mol. The van der Waals surface area contributed by atoms with Crippen LogP contribution in [0, 0.1) is 0 Å². The fourth-order valence-corrected chi connectivity index (χ4v) is 2.18. The third-order valence-electron chi connectivity index (χ3n) is 2.54. The monoisotopic (exact) mass is 303 g/mol. The molecule has 1 unspecified atom stereocenters. The number of nitrogens with zero attached hydrogens (tertiary/aromatic N) is 4. The van der Waals surface area contributed by atoms with Crippen molar-refractivity contribution in [2.24, 2.45) is 0 Å². The second-order valence-corrected chi connectivity index (χ2v) is 5.87. The molecule has 0 fully saturated rings. The van der Waals surface area contributed by atoms with Crippen molar-refractivity contribution >= 4 is 24.6 Å². The Morgan fingerprint density at radius 1 is 1.40 bits per heavy atom. The lowest BCUT2D eigenvalue weighted by atomic mass is 10.3. The van der Waals surface area contributed by atoms with E-state index in [1.807, 2.05) is 0 Å². The zero-order valence-electron chi connectivity index (χ0n) is 10.3. The van der Waals surface area contributed by atoms with Crippen molar-refractivity contribution < 1.29 is 24.3 Å². The number of anilines is 1. The molecular weight excluding hydrogens is 289 g/mol. The number of aliphatic hydroxyl groups is 1. The van der Waals surface area contributed by atoms with Gasteiger partial charge in [-0.25, -0.2) is 15.0 Å². The van der Waals surface area contributed by atoms with E-state index in [0.717, 1.165) is 0 Å². The normalized spacial score (nSPS) is 13.6. The lowest BCUT2D eigenvalue weighted by Crippen LogP contribution is -2.29. The molecule has 5 N–H and O–H groups in total. The first-order chi connectivity index (χ1) is 9.40. The van der Waals surface area contributed by atoms with Crippen molar-refractivity contribution in [1.29, 1.82) is 0 Å². The van der Waals surface area contributed by atoms with Gasteiger partial charge in [0.25, 0.3) is 0 Å². The Kier molecular flexibility index (Phi) is 4.19. The zero-order valence-corrected chi connectivity index (χ0v) is 11.2. The summed E-state index contributed by atoms with van der Waals surface area (Å²) >= 11 is 0. The first-order valence-corrected chi connectivity index (χ1v) is 7.46. The summed E-state index contributed by atoms with van der Waals surface area (Å²) in [7, 11) is -4.14. The van der Waals surface area contributed by atoms with E-state index in [2.05, 4.69) is 15.0 Å². The maximum absolute atomic E-state index is 10.8. The minimum atomic E-state index is -4.14.